The molecule has 0 spiro atoms. The molecule has 1 N–H and O–H groups in total. The Kier molecular flexibility index (Phi) is 4.14. The van der Waals surface area contributed by atoms with Gasteiger partial charge in [0.2, 0.25) is 5.91 Å². The molecule has 0 aliphatic carbocycles. The molecule has 0 unspecified atom stereocenters. The Balaban J connectivity index is 1.97. The van der Waals surface area contributed by atoms with E-state index in [1.54, 1.807) is 17.9 Å². The van der Waals surface area contributed by atoms with E-state index in [-0.39, 0.29) is 17.9 Å². The molecule has 1 aromatic rings. The summed E-state index contributed by atoms with van der Waals surface area (Å²) in [6.07, 6.45) is 1.18. The quantitative estimate of drug-likeness (QED) is 0.900. The van der Waals surface area contributed by atoms with Crippen LogP contribution in [-0.2, 0) is 4.79 Å². The Labute approximate surface area is 111 Å². The molecule has 1 heterocycles. The van der Waals surface area contributed by atoms with E-state index in [1.807, 2.05) is 0 Å². The third-order valence-electron chi connectivity index (χ3n) is 3.23. The van der Waals surface area contributed by atoms with E-state index in [1.165, 1.54) is 18.2 Å². The molecule has 1 aliphatic rings. The molecule has 1 fully saturated rings. The predicted octanol–water partition coefficient (Wildman–Crippen LogP) is 1.57. The Morgan fingerprint density at radius 3 is 2.95 bits per heavy atom. The van der Waals surface area contributed by atoms with Crippen LogP contribution >= 0.6 is 0 Å². The van der Waals surface area contributed by atoms with Crippen LogP contribution < -0.4 is 5.32 Å². The van der Waals surface area contributed by atoms with Crippen molar-refractivity contribution in [3.63, 3.8) is 0 Å². The van der Waals surface area contributed by atoms with Crippen LogP contribution in [0.3, 0.4) is 0 Å². The molecule has 1 aromatic carbocycles. The maximum Gasteiger partial charge on any atom is 0.254 e. The van der Waals surface area contributed by atoms with Gasteiger partial charge in [0.25, 0.3) is 5.91 Å². The van der Waals surface area contributed by atoms with Gasteiger partial charge in [-0.15, -0.1) is 0 Å². The first kappa shape index (κ1) is 13.5. The molecule has 2 amide bonds. The van der Waals surface area contributed by atoms with Crippen LogP contribution in [0.15, 0.2) is 24.3 Å². The van der Waals surface area contributed by atoms with E-state index in [9.17, 15) is 14.0 Å². The highest BCUT2D eigenvalue weighted by Crippen LogP contribution is 2.14. The van der Waals surface area contributed by atoms with Crippen molar-refractivity contribution in [1.82, 2.24) is 10.2 Å². The lowest BCUT2D eigenvalue weighted by Gasteiger charge is -2.17. The molecule has 1 aliphatic heterocycles. The van der Waals surface area contributed by atoms with Gasteiger partial charge in [-0.05, 0) is 24.6 Å². The highest BCUT2D eigenvalue weighted by atomic mass is 19.1. The molecular weight excluding hydrogens is 247 g/mol. The number of benzene rings is 1. The molecule has 0 radical (unpaired) electrons. The number of hydrogen-bond acceptors (Lipinski definition) is 2. The summed E-state index contributed by atoms with van der Waals surface area (Å²) in [6.45, 7) is 2.87. The van der Waals surface area contributed by atoms with Gasteiger partial charge >= 0.3 is 0 Å². The minimum Gasteiger partial charge on any atom is -0.352 e. The van der Waals surface area contributed by atoms with Crippen LogP contribution in [0.25, 0.3) is 0 Å². The van der Waals surface area contributed by atoms with Crippen LogP contribution in [-0.4, -0.2) is 35.8 Å². The SMILES string of the molecule is CCC(=O)N[C@@H]1CCN(C(=O)c2cccc(F)c2)C1. The fourth-order valence-electron chi connectivity index (χ4n) is 2.20. The third kappa shape index (κ3) is 3.30. The second-order valence-electron chi connectivity index (χ2n) is 4.67. The molecule has 1 saturated heterocycles. The van der Waals surface area contributed by atoms with Gasteiger partial charge in [0.05, 0.1) is 0 Å². The van der Waals surface area contributed by atoms with Crippen molar-refractivity contribution in [3.8, 4) is 0 Å². The van der Waals surface area contributed by atoms with E-state index in [0.29, 0.717) is 25.1 Å². The largest absolute Gasteiger partial charge is 0.352 e. The standard InChI is InChI=1S/C14H17FN2O2/c1-2-13(18)16-12-6-7-17(9-12)14(19)10-4-3-5-11(15)8-10/h3-5,8,12H,2,6-7,9H2,1H3,(H,16,18)/t12-/m1/s1. The Morgan fingerprint density at radius 2 is 2.26 bits per heavy atom. The maximum absolute atomic E-state index is 13.1. The summed E-state index contributed by atoms with van der Waals surface area (Å²) in [5.74, 6) is -0.612. The average Bonchev–Trinajstić information content (AvgIpc) is 2.86. The molecule has 0 aromatic heterocycles. The molecule has 0 saturated carbocycles. The lowest BCUT2D eigenvalue weighted by atomic mass is 10.2. The summed E-state index contributed by atoms with van der Waals surface area (Å²) in [5, 5.41) is 2.87. The van der Waals surface area contributed by atoms with Gasteiger partial charge in [-0.25, -0.2) is 4.39 Å². The first-order chi connectivity index (χ1) is 9.10. The van der Waals surface area contributed by atoms with Gasteiger partial charge in [0, 0.05) is 31.1 Å². The van der Waals surface area contributed by atoms with Crippen LogP contribution in [0.4, 0.5) is 4.39 Å². The second kappa shape index (κ2) is 5.82. The van der Waals surface area contributed by atoms with Crippen LogP contribution in [0.5, 0.6) is 0 Å². The molecule has 4 nitrogen and oxygen atoms in total. The zero-order valence-electron chi connectivity index (χ0n) is 10.9. The Bertz CT molecular complexity index is 490. The fourth-order valence-corrected chi connectivity index (χ4v) is 2.20. The van der Waals surface area contributed by atoms with Gasteiger partial charge < -0.3 is 10.2 Å². The van der Waals surface area contributed by atoms with Crippen molar-refractivity contribution in [2.75, 3.05) is 13.1 Å². The molecule has 0 bridgehead atoms. The molecule has 19 heavy (non-hydrogen) atoms. The summed E-state index contributed by atoms with van der Waals surface area (Å²) in [6, 6.07) is 5.67. The zero-order chi connectivity index (χ0) is 13.8. The molecular formula is C14H17FN2O2. The van der Waals surface area contributed by atoms with E-state index < -0.39 is 5.82 Å². The van der Waals surface area contributed by atoms with Gasteiger partial charge in [-0.3, -0.25) is 9.59 Å². The topological polar surface area (TPSA) is 49.4 Å². The fraction of sp³-hybridized carbons (Fsp3) is 0.429. The smallest absolute Gasteiger partial charge is 0.254 e. The van der Waals surface area contributed by atoms with Crippen molar-refractivity contribution in [1.29, 1.82) is 0 Å². The summed E-state index contributed by atoms with van der Waals surface area (Å²) in [4.78, 5) is 25.1. The number of amides is 2. The van der Waals surface area contributed by atoms with E-state index in [4.69, 9.17) is 0 Å². The molecule has 2 rings (SSSR count). The number of carbonyl (C=O) groups is 2. The number of nitrogens with one attached hydrogen (secondary N) is 1. The van der Waals surface area contributed by atoms with Crippen molar-refractivity contribution >= 4 is 11.8 Å². The van der Waals surface area contributed by atoms with Crippen LogP contribution in [0, 0.1) is 5.82 Å². The first-order valence-electron chi connectivity index (χ1n) is 6.44. The second-order valence-corrected chi connectivity index (χ2v) is 4.67. The van der Waals surface area contributed by atoms with Gasteiger partial charge in [-0.1, -0.05) is 13.0 Å². The zero-order valence-corrected chi connectivity index (χ0v) is 10.9. The van der Waals surface area contributed by atoms with Crippen LogP contribution in [0.2, 0.25) is 0 Å². The number of rotatable bonds is 3. The van der Waals surface area contributed by atoms with Crippen molar-refractivity contribution in [2.45, 2.75) is 25.8 Å². The predicted molar refractivity (Wildman–Crippen MR) is 69.1 cm³/mol. The Morgan fingerprint density at radius 1 is 1.47 bits per heavy atom. The lowest BCUT2D eigenvalue weighted by Crippen LogP contribution is -2.38. The molecule has 102 valence electrons. The van der Waals surface area contributed by atoms with Gasteiger partial charge in [0.15, 0.2) is 0 Å². The van der Waals surface area contributed by atoms with E-state index in [0.717, 1.165) is 6.42 Å². The molecule has 1 atom stereocenters. The number of hydrogen-bond donors (Lipinski definition) is 1. The minimum atomic E-state index is -0.416. The highest BCUT2D eigenvalue weighted by Gasteiger charge is 2.27. The van der Waals surface area contributed by atoms with Crippen LogP contribution in [0.1, 0.15) is 30.1 Å². The summed E-state index contributed by atoms with van der Waals surface area (Å²) >= 11 is 0. The van der Waals surface area contributed by atoms with Gasteiger partial charge in [0.1, 0.15) is 5.82 Å². The number of nitrogens with zero attached hydrogens (tertiary/aromatic N) is 1. The number of carbonyl (C=O) groups excluding carboxylic acids is 2. The Hall–Kier alpha value is -1.91. The summed E-state index contributed by atoms with van der Waals surface area (Å²) < 4.78 is 13.1. The normalized spacial score (nSPS) is 18.4. The van der Waals surface area contributed by atoms with Crippen molar-refractivity contribution < 1.29 is 14.0 Å². The number of halogens is 1. The summed E-state index contributed by atoms with van der Waals surface area (Å²) in [5.41, 5.74) is 0.350. The molecule has 5 heteroatoms. The highest BCUT2D eigenvalue weighted by molar-refractivity contribution is 5.94. The van der Waals surface area contributed by atoms with Crippen molar-refractivity contribution in [2.24, 2.45) is 0 Å². The third-order valence-corrected chi connectivity index (χ3v) is 3.23. The first-order valence-corrected chi connectivity index (χ1v) is 6.44. The minimum absolute atomic E-state index is 0.00459. The number of likely N-dealkylation sites (tertiary alicyclic amines) is 1. The van der Waals surface area contributed by atoms with Gasteiger partial charge in [-0.2, -0.15) is 0 Å². The summed E-state index contributed by atoms with van der Waals surface area (Å²) in [7, 11) is 0. The lowest BCUT2D eigenvalue weighted by molar-refractivity contribution is -0.121. The van der Waals surface area contributed by atoms with E-state index >= 15 is 0 Å². The van der Waals surface area contributed by atoms with E-state index in [2.05, 4.69) is 5.32 Å². The average molecular weight is 264 g/mol. The maximum atomic E-state index is 13.1. The van der Waals surface area contributed by atoms with Crippen molar-refractivity contribution in [3.05, 3.63) is 35.6 Å². The monoisotopic (exact) mass is 264 g/mol.